The number of Topliss-reactive ketones (excluding diaryl/α,β-unsaturated/α-hetero) is 1. The van der Waals surface area contributed by atoms with Crippen molar-refractivity contribution in [1.82, 2.24) is 9.97 Å². The molecule has 0 aliphatic heterocycles. The minimum atomic E-state index is -0.246. The molecule has 1 aliphatic rings. The van der Waals surface area contributed by atoms with Crippen LogP contribution >= 0.6 is 0 Å². The summed E-state index contributed by atoms with van der Waals surface area (Å²) in [6, 6.07) is 10.2. The van der Waals surface area contributed by atoms with E-state index in [0.717, 1.165) is 42.1 Å². The smallest absolute Gasteiger partial charge is 0.218 e. The first-order valence-corrected chi connectivity index (χ1v) is 11.0. The van der Waals surface area contributed by atoms with E-state index in [2.05, 4.69) is 14.8 Å². The molecule has 5 nitrogen and oxygen atoms in total. The van der Waals surface area contributed by atoms with Crippen LogP contribution in [0.3, 0.4) is 0 Å². The van der Waals surface area contributed by atoms with Crippen LogP contribution in [0, 0.1) is 24.2 Å². The number of aromatic nitrogens is 2. The Morgan fingerprint density at radius 3 is 2.69 bits per heavy atom. The van der Waals surface area contributed by atoms with Crippen LogP contribution in [0.25, 0.3) is 15.7 Å². The molecule has 4 rings (SSSR count). The molecule has 1 atom stereocenters. The number of benzene rings is 1. The van der Waals surface area contributed by atoms with Crippen molar-refractivity contribution in [1.29, 1.82) is 0 Å². The molecular formula is C26H26FN3O2. The molecule has 1 unspecified atom stereocenters. The third-order valence-corrected chi connectivity index (χ3v) is 6.66. The van der Waals surface area contributed by atoms with E-state index in [1.54, 1.807) is 36.7 Å². The van der Waals surface area contributed by atoms with E-state index in [1.165, 1.54) is 13.2 Å². The highest BCUT2D eigenvalue weighted by atomic mass is 19.1. The van der Waals surface area contributed by atoms with Crippen LogP contribution in [0.4, 0.5) is 4.39 Å². The summed E-state index contributed by atoms with van der Waals surface area (Å²) >= 11 is 0. The first kappa shape index (κ1) is 21.9. The molecule has 1 aromatic carbocycles. The fourth-order valence-electron chi connectivity index (χ4n) is 4.92. The number of methoxy groups -OCH3 is 1. The fraction of sp³-hybridized carbons (Fsp3) is 0.385. The van der Waals surface area contributed by atoms with Crippen LogP contribution in [0.5, 0.6) is 5.88 Å². The third-order valence-electron chi connectivity index (χ3n) is 6.66. The molecule has 1 fully saturated rings. The van der Waals surface area contributed by atoms with Crippen molar-refractivity contribution < 1.29 is 13.9 Å². The average molecular weight is 432 g/mol. The molecule has 6 heteroatoms. The monoisotopic (exact) mass is 431 g/mol. The van der Waals surface area contributed by atoms with E-state index in [4.69, 9.17) is 11.3 Å². The van der Waals surface area contributed by atoms with E-state index in [1.807, 2.05) is 6.07 Å². The van der Waals surface area contributed by atoms with Crippen molar-refractivity contribution in [3.63, 3.8) is 0 Å². The normalized spacial score (nSPS) is 19.3. The van der Waals surface area contributed by atoms with Gasteiger partial charge in [-0.3, -0.25) is 9.78 Å². The summed E-state index contributed by atoms with van der Waals surface area (Å²) in [6.45, 7) is 7.74. The summed E-state index contributed by atoms with van der Waals surface area (Å²) in [5, 5.41) is 0.885. The largest absolute Gasteiger partial charge is 0.481 e. The first-order valence-electron chi connectivity index (χ1n) is 11.0. The number of hydrogen-bond acceptors (Lipinski definition) is 4. The lowest BCUT2D eigenvalue weighted by Gasteiger charge is -2.32. The highest BCUT2D eigenvalue weighted by Gasteiger charge is 2.32. The van der Waals surface area contributed by atoms with Gasteiger partial charge in [-0.25, -0.2) is 15.9 Å². The molecule has 2 heterocycles. The molecule has 0 spiro atoms. The van der Waals surface area contributed by atoms with Gasteiger partial charge in [-0.15, -0.1) is 0 Å². The topological polar surface area (TPSA) is 56.4 Å². The average Bonchev–Trinajstić information content (AvgIpc) is 2.83. The van der Waals surface area contributed by atoms with Gasteiger partial charge in [-0.05, 0) is 73.4 Å². The van der Waals surface area contributed by atoms with Crippen molar-refractivity contribution in [3.05, 3.63) is 77.2 Å². The first-order chi connectivity index (χ1) is 15.6. The number of ketones is 1. The van der Waals surface area contributed by atoms with Gasteiger partial charge < -0.3 is 9.58 Å². The highest BCUT2D eigenvalue weighted by Crippen LogP contribution is 2.41. The second-order valence-electron chi connectivity index (χ2n) is 8.49. The standard InChI is InChI=1S/C26H26FN3O2/c1-28-15-20(13-25(31)19-7-10-26(32-2)30-16-19)17-3-5-18(6-4-17)22-11-12-29-24-9-8-21(27)14-23(22)24/h7-12,14,16-18,20H,3-6,13,15H2,2H3. The van der Waals surface area contributed by atoms with E-state index in [9.17, 15) is 9.18 Å². The fourth-order valence-corrected chi connectivity index (χ4v) is 4.92. The Labute approximate surface area is 187 Å². The Hall–Kier alpha value is -3.33. The molecule has 0 amide bonds. The van der Waals surface area contributed by atoms with Gasteiger partial charge in [0.15, 0.2) is 5.78 Å². The molecular weight excluding hydrogens is 405 g/mol. The number of halogens is 1. The summed E-state index contributed by atoms with van der Waals surface area (Å²) in [5.74, 6) is 0.959. The van der Waals surface area contributed by atoms with Gasteiger partial charge in [-0.2, -0.15) is 0 Å². The number of carbonyl (C=O) groups excluding carboxylic acids is 1. The van der Waals surface area contributed by atoms with Gasteiger partial charge in [0.25, 0.3) is 0 Å². The number of pyridine rings is 2. The van der Waals surface area contributed by atoms with Crippen LogP contribution in [-0.2, 0) is 0 Å². The Morgan fingerprint density at radius 2 is 2.00 bits per heavy atom. The summed E-state index contributed by atoms with van der Waals surface area (Å²) in [5.41, 5.74) is 2.52. The van der Waals surface area contributed by atoms with Crippen molar-refractivity contribution >= 4 is 16.7 Å². The molecule has 2 aromatic heterocycles. The zero-order valence-electron chi connectivity index (χ0n) is 18.1. The summed E-state index contributed by atoms with van der Waals surface area (Å²) in [6.07, 6.45) is 7.54. The Balaban J connectivity index is 1.44. The number of fused-ring (bicyclic) bond motifs is 1. The number of rotatable bonds is 7. The maximum Gasteiger partial charge on any atom is 0.218 e. The summed E-state index contributed by atoms with van der Waals surface area (Å²) in [7, 11) is 1.54. The summed E-state index contributed by atoms with van der Waals surface area (Å²) in [4.78, 5) is 24.9. The lowest BCUT2D eigenvalue weighted by atomic mass is 9.72. The van der Waals surface area contributed by atoms with E-state index in [0.29, 0.717) is 36.2 Å². The zero-order chi connectivity index (χ0) is 22.5. The molecule has 0 radical (unpaired) electrons. The number of ether oxygens (including phenoxy) is 1. The minimum Gasteiger partial charge on any atom is -0.481 e. The third kappa shape index (κ3) is 4.77. The second kappa shape index (κ2) is 9.86. The molecule has 1 aliphatic carbocycles. The highest BCUT2D eigenvalue weighted by molar-refractivity contribution is 5.96. The van der Waals surface area contributed by atoms with Crippen LogP contribution in [0.2, 0.25) is 0 Å². The maximum atomic E-state index is 13.8. The van der Waals surface area contributed by atoms with Crippen LogP contribution in [0.1, 0.15) is 53.9 Å². The quantitative estimate of drug-likeness (QED) is 0.347. The van der Waals surface area contributed by atoms with E-state index in [-0.39, 0.29) is 17.5 Å². The van der Waals surface area contributed by atoms with Crippen LogP contribution < -0.4 is 4.74 Å². The molecule has 0 bridgehead atoms. The molecule has 32 heavy (non-hydrogen) atoms. The van der Waals surface area contributed by atoms with Crippen molar-refractivity contribution in [2.24, 2.45) is 11.8 Å². The zero-order valence-corrected chi connectivity index (χ0v) is 18.1. The SMILES string of the molecule is [C-]#[N+]CC(CC(=O)c1ccc(OC)nc1)C1CCC(c2ccnc3ccc(F)cc23)CC1. The van der Waals surface area contributed by atoms with Gasteiger partial charge in [0.1, 0.15) is 5.82 Å². The van der Waals surface area contributed by atoms with Gasteiger partial charge in [0.05, 0.1) is 12.6 Å². The number of nitrogens with zero attached hydrogens (tertiary/aromatic N) is 3. The minimum absolute atomic E-state index is 0.0199. The number of carbonyl (C=O) groups is 1. The van der Waals surface area contributed by atoms with Gasteiger partial charge in [0.2, 0.25) is 12.4 Å². The molecule has 0 N–H and O–H groups in total. The van der Waals surface area contributed by atoms with Crippen LogP contribution in [0.15, 0.2) is 48.8 Å². The van der Waals surface area contributed by atoms with Crippen molar-refractivity contribution in [3.8, 4) is 5.88 Å². The van der Waals surface area contributed by atoms with Crippen molar-refractivity contribution in [2.75, 3.05) is 13.7 Å². The molecule has 3 aromatic rings. The second-order valence-corrected chi connectivity index (χ2v) is 8.49. The maximum absolute atomic E-state index is 13.8. The lowest BCUT2D eigenvalue weighted by Crippen LogP contribution is -2.25. The molecule has 164 valence electrons. The predicted molar refractivity (Wildman–Crippen MR) is 121 cm³/mol. The van der Waals surface area contributed by atoms with Gasteiger partial charge >= 0.3 is 0 Å². The number of hydrogen-bond donors (Lipinski definition) is 0. The Bertz CT molecular complexity index is 1130. The Morgan fingerprint density at radius 1 is 1.19 bits per heavy atom. The van der Waals surface area contributed by atoms with Crippen molar-refractivity contribution in [2.45, 2.75) is 38.0 Å². The van der Waals surface area contributed by atoms with E-state index < -0.39 is 0 Å². The predicted octanol–water partition coefficient (Wildman–Crippen LogP) is 5.86. The lowest BCUT2D eigenvalue weighted by molar-refractivity contribution is 0.0935. The summed E-state index contributed by atoms with van der Waals surface area (Å²) < 4.78 is 18.9. The van der Waals surface area contributed by atoms with E-state index >= 15 is 0 Å². The Kier molecular flexibility index (Phi) is 6.75. The van der Waals surface area contributed by atoms with Gasteiger partial charge in [0, 0.05) is 41.7 Å². The van der Waals surface area contributed by atoms with Gasteiger partial charge in [-0.1, -0.05) is 0 Å². The molecule has 1 saturated carbocycles. The van der Waals surface area contributed by atoms with Crippen LogP contribution in [-0.4, -0.2) is 29.4 Å². The molecule has 0 saturated heterocycles.